The zero-order valence-corrected chi connectivity index (χ0v) is 12.8. The minimum absolute atomic E-state index is 0.173. The van der Waals surface area contributed by atoms with E-state index in [-0.39, 0.29) is 12.0 Å². The Hall–Kier alpha value is -2.39. The van der Waals surface area contributed by atoms with Crippen LogP contribution in [0.3, 0.4) is 0 Å². The Labute approximate surface area is 135 Å². The molecule has 0 amide bonds. The first-order valence-electron chi connectivity index (χ1n) is 8.21. The van der Waals surface area contributed by atoms with Gasteiger partial charge in [0.15, 0.2) is 0 Å². The summed E-state index contributed by atoms with van der Waals surface area (Å²) < 4.78 is 2.24. The highest BCUT2D eigenvalue weighted by Crippen LogP contribution is 2.49. The van der Waals surface area contributed by atoms with Crippen molar-refractivity contribution >= 4 is 0 Å². The van der Waals surface area contributed by atoms with Crippen molar-refractivity contribution in [1.29, 1.82) is 0 Å². The summed E-state index contributed by atoms with van der Waals surface area (Å²) in [4.78, 5) is 4.34. The van der Waals surface area contributed by atoms with Gasteiger partial charge in [-0.25, -0.2) is 4.98 Å². The first kappa shape index (κ1) is 13.1. The minimum atomic E-state index is -0.425. The zero-order chi connectivity index (χ0) is 15.4. The molecule has 3 heteroatoms. The van der Waals surface area contributed by atoms with Crippen molar-refractivity contribution in [3.05, 3.63) is 77.7 Å². The smallest absolute Gasteiger partial charge is 0.0956 e. The number of aromatic nitrogens is 2. The van der Waals surface area contributed by atoms with Gasteiger partial charge in [-0.1, -0.05) is 48.5 Å². The predicted molar refractivity (Wildman–Crippen MR) is 89.0 cm³/mol. The van der Waals surface area contributed by atoms with Crippen molar-refractivity contribution in [3.63, 3.8) is 0 Å². The lowest BCUT2D eigenvalue weighted by atomic mass is 9.76. The minimum Gasteiger partial charge on any atom is -0.388 e. The lowest BCUT2D eigenvalue weighted by Gasteiger charge is -2.35. The third-order valence-electron chi connectivity index (χ3n) is 5.45. The summed E-state index contributed by atoms with van der Waals surface area (Å²) in [7, 11) is 0. The molecule has 1 N–H and O–H groups in total. The highest BCUT2D eigenvalue weighted by atomic mass is 16.3. The van der Waals surface area contributed by atoms with E-state index in [4.69, 9.17) is 0 Å². The van der Waals surface area contributed by atoms with E-state index < -0.39 is 6.10 Å². The second-order valence-electron chi connectivity index (χ2n) is 6.56. The van der Waals surface area contributed by atoms with Crippen molar-refractivity contribution in [2.24, 2.45) is 5.92 Å². The Morgan fingerprint density at radius 3 is 2.70 bits per heavy atom. The molecule has 2 heterocycles. The van der Waals surface area contributed by atoms with E-state index in [1.54, 1.807) is 0 Å². The van der Waals surface area contributed by atoms with Crippen molar-refractivity contribution in [2.45, 2.75) is 25.0 Å². The van der Waals surface area contributed by atoms with Crippen LogP contribution in [0, 0.1) is 5.92 Å². The van der Waals surface area contributed by atoms with Crippen LogP contribution >= 0.6 is 0 Å². The van der Waals surface area contributed by atoms with Crippen LogP contribution in [0.4, 0.5) is 0 Å². The van der Waals surface area contributed by atoms with Gasteiger partial charge in [0.05, 0.1) is 30.4 Å². The molecule has 0 radical (unpaired) electrons. The highest BCUT2D eigenvalue weighted by Gasteiger charge is 2.40. The van der Waals surface area contributed by atoms with Gasteiger partial charge < -0.3 is 9.67 Å². The molecule has 0 bridgehead atoms. The average molecular weight is 302 g/mol. The molecule has 114 valence electrons. The maximum absolute atomic E-state index is 11.0. The molecule has 1 aliphatic carbocycles. The van der Waals surface area contributed by atoms with E-state index in [2.05, 4.69) is 52.0 Å². The summed E-state index contributed by atoms with van der Waals surface area (Å²) in [6.45, 7) is 0. The summed E-state index contributed by atoms with van der Waals surface area (Å²) in [5.41, 5.74) is 6.11. The lowest BCUT2D eigenvalue weighted by molar-refractivity contribution is 0.0720. The fourth-order valence-electron chi connectivity index (χ4n) is 4.40. The first-order chi connectivity index (χ1) is 11.3. The van der Waals surface area contributed by atoms with E-state index in [1.165, 1.54) is 16.7 Å². The molecule has 0 saturated heterocycles. The second kappa shape index (κ2) is 4.80. The predicted octanol–water partition coefficient (Wildman–Crippen LogP) is 3.75. The Balaban J connectivity index is 1.64. The second-order valence-corrected chi connectivity index (χ2v) is 6.56. The highest BCUT2D eigenvalue weighted by molar-refractivity contribution is 5.69. The van der Waals surface area contributed by atoms with E-state index >= 15 is 0 Å². The fourth-order valence-corrected chi connectivity index (χ4v) is 4.40. The van der Waals surface area contributed by atoms with Crippen molar-refractivity contribution in [1.82, 2.24) is 9.55 Å². The molecule has 5 rings (SSSR count). The van der Waals surface area contributed by atoms with E-state index in [0.29, 0.717) is 0 Å². The standard InChI is InChI=1S/C20H18N2O/c23-20-14-6-2-1-5-13(14)9-10-17(20)19-16-8-4-3-7-15(16)18-11-21-12-22(18)19/h1-8,11-12,17,19-20,23H,9-10H2/t17-,19?,20-/m0/s1. The fraction of sp³-hybridized carbons (Fsp3) is 0.250. The monoisotopic (exact) mass is 302 g/mol. The molecular weight excluding hydrogens is 284 g/mol. The molecule has 2 aromatic carbocycles. The molecule has 0 spiro atoms. The van der Waals surface area contributed by atoms with Crippen LogP contribution < -0.4 is 0 Å². The van der Waals surface area contributed by atoms with Crippen LogP contribution in [-0.2, 0) is 6.42 Å². The van der Waals surface area contributed by atoms with E-state index in [1.807, 2.05) is 18.6 Å². The van der Waals surface area contributed by atoms with Gasteiger partial charge in [-0.2, -0.15) is 0 Å². The number of benzene rings is 2. The molecule has 3 aromatic rings. The molecule has 0 saturated carbocycles. The number of aliphatic hydroxyl groups excluding tert-OH is 1. The quantitative estimate of drug-likeness (QED) is 0.743. The van der Waals surface area contributed by atoms with Crippen LogP contribution in [0.25, 0.3) is 11.3 Å². The van der Waals surface area contributed by atoms with E-state index in [0.717, 1.165) is 24.1 Å². The van der Waals surface area contributed by atoms with Gasteiger partial charge in [0, 0.05) is 11.5 Å². The van der Waals surface area contributed by atoms with Crippen molar-refractivity contribution in [2.75, 3.05) is 0 Å². The molecule has 0 fully saturated rings. The maximum Gasteiger partial charge on any atom is 0.0956 e. The van der Waals surface area contributed by atoms with Crippen LogP contribution in [0.5, 0.6) is 0 Å². The Kier molecular flexibility index (Phi) is 2.73. The molecular formula is C20H18N2O. The van der Waals surface area contributed by atoms with Gasteiger partial charge in [0.2, 0.25) is 0 Å². The SMILES string of the molecule is O[C@H]1c2ccccc2CC[C@H]1C1c2ccccc2-c2cncn21. The maximum atomic E-state index is 11.0. The van der Waals surface area contributed by atoms with Gasteiger partial charge in [0.25, 0.3) is 0 Å². The molecule has 23 heavy (non-hydrogen) atoms. The third-order valence-corrected chi connectivity index (χ3v) is 5.45. The van der Waals surface area contributed by atoms with Crippen molar-refractivity contribution in [3.8, 4) is 11.3 Å². The zero-order valence-electron chi connectivity index (χ0n) is 12.8. The number of imidazole rings is 1. The molecule has 1 aliphatic heterocycles. The van der Waals surface area contributed by atoms with Crippen molar-refractivity contribution < 1.29 is 5.11 Å². The number of hydrogen-bond donors (Lipinski definition) is 1. The summed E-state index contributed by atoms with van der Waals surface area (Å²) >= 11 is 0. The first-order valence-corrected chi connectivity index (χ1v) is 8.21. The normalized spacial score (nSPS) is 24.8. The van der Waals surface area contributed by atoms with Crippen LogP contribution in [-0.4, -0.2) is 14.7 Å². The number of aryl methyl sites for hydroxylation is 1. The van der Waals surface area contributed by atoms with Crippen LogP contribution in [0.2, 0.25) is 0 Å². The topological polar surface area (TPSA) is 38.1 Å². The molecule has 1 aromatic heterocycles. The van der Waals surface area contributed by atoms with Gasteiger partial charge >= 0.3 is 0 Å². The Bertz CT molecular complexity index is 883. The number of rotatable bonds is 1. The van der Waals surface area contributed by atoms with Gasteiger partial charge in [-0.05, 0) is 29.5 Å². The molecule has 3 nitrogen and oxygen atoms in total. The summed E-state index contributed by atoms with van der Waals surface area (Å²) in [5.74, 6) is 0.182. The number of fused-ring (bicyclic) bond motifs is 4. The molecule has 1 unspecified atom stereocenters. The average Bonchev–Trinajstić information content (AvgIpc) is 3.17. The summed E-state index contributed by atoms with van der Waals surface area (Å²) in [6.07, 6.45) is 5.44. The van der Waals surface area contributed by atoms with E-state index in [9.17, 15) is 5.11 Å². The van der Waals surface area contributed by atoms with Crippen LogP contribution in [0.1, 0.15) is 35.3 Å². The molecule has 3 atom stereocenters. The van der Waals surface area contributed by atoms with Gasteiger partial charge in [0.1, 0.15) is 0 Å². The third kappa shape index (κ3) is 1.77. The van der Waals surface area contributed by atoms with Gasteiger partial charge in [-0.3, -0.25) is 0 Å². The van der Waals surface area contributed by atoms with Crippen LogP contribution in [0.15, 0.2) is 61.1 Å². The Morgan fingerprint density at radius 1 is 1.00 bits per heavy atom. The Morgan fingerprint density at radius 2 is 1.78 bits per heavy atom. The number of aliphatic hydroxyl groups is 1. The summed E-state index contributed by atoms with van der Waals surface area (Å²) in [5, 5.41) is 11.0. The lowest BCUT2D eigenvalue weighted by Crippen LogP contribution is -2.28. The number of hydrogen-bond acceptors (Lipinski definition) is 2. The molecule has 2 aliphatic rings. The number of nitrogens with zero attached hydrogens (tertiary/aromatic N) is 2. The largest absolute Gasteiger partial charge is 0.388 e. The van der Waals surface area contributed by atoms with Gasteiger partial charge in [-0.15, -0.1) is 0 Å². The summed E-state index contributed by atoms with van der Waals surface area (Å²) in [6, 6.07) is 17.0.